The number of methoxy groups -OCH3 is 1. The van der Waals surface area contributed by atoms with Crippen molar-refractivity contribution in [3.8, 4) is 28.3 Å². The molecule has 0 aliphatic rings. The van der Waals surface area contributed by atoms with Crippen LogP contribution >= 0.6 is 0 Å². The summed E-state index contributed by atoms with van der Waals surface area (Å²) in [5.41, 5.74) is 8.43. The van der Waals surface area contributed by atoms with E-state index >= 15 is 0 Å². The van der Waals surface area contributed by atoms with Crippen LogP contribution in [-0.2, 0) is 6.54 Å². The maximum absolute atomic E-state index is 12.6. The number of aromatic nitrogens is 4. The highest BCUT2D eigenvalue weighted by Gasteiger charge is 2.13. The van der Waals surface area contributed by atoms with E-state index in [0.717, 1.165) is 36.2 Å². The Bertz CT molecular complexity index is 1200. The van der Waals surface area contributed by atoms with Crippen LogP contribution in [0.25, 0.3) is 28.3 Å². The van der Waals surface area contributed by atoms with E-state index in [1.54, 1.807) is 17.8 Å². The van der Waals surface area contributed by atoms with E-state index in [-0.39, 0.29) is 5.56 Å². The molecular formula is C22H24N6O2. The Morgan fingerprint density at radius 2 is 1.93 bits per heavy atom. The maximum atomic E-state index is 12.6. The van der Waals surface area contributed by atoms with Crippen molar-refractivity contribution in [1.82, 2.24) is 24.9 Å². The summed E-state index contributed by atoms with van der Waals surface area (Å²) < 4.78 is 6.99. The predicted octanol–water partition coefficient (Wildman–Crippen LogP) is 2.20. The van der Waals surface area contributed by atoms with Crippen LogP contribution in [0.3, 0.4) is 0 Å². The number of nitrogens with one attached hydrogen (secondary N) is 2. The second kappa shape index (κ2) is 8.89. The Hall–Kier alpha value is -3.49. The van der Waals surface area contributed by atoms with Crippen molar-refractivity contribution < 1.29 is 4.74 Å². The van der Waals surface area contributed by atoms with E-state index in [9.17, 15) is 4.79 Å². The Morgan fingerprint density at radius 3 is 2.70 bits per heavy atom. The van der Waals surface area contributed by atoms with Crippen LogP contribution < -0.4 is 21.3 Å². The zero-order chi connectivity index (χ0) is 20.9. The molecule has 8 nitrogen and oxygen atoms in total. The Labute approximate surface area is 173 Å². The number of hydrogen-bond donors (Lipinski definition) is 3. The molecule has 8 heteroatoms. The van der Waals surface area contributed by atoms with Crippen LogP contribution in [0.2, 0.25) is 0 Å². The third-order valence-corrected chi connectivity index (χ3v) is 4.86. The van der Waals surface area contributed by atoms with Crippen molar-refractivity contribution in [2.45, 2.75) is 13.0 Å². The lowest BCUT2D eigenvalue weighted by atomic mass is 10.1. The third kappa shape index (κ3) is 4.10. The van der Waals surface area contributed by atoms with Gasteiger partial charge in [-0.05, 0) is 42.8 Å². The van der Waals surface area contributed by atoms with Gasteiger partial charge in [0.1, 0.15) is 5.75 Å². The molecule has 2 aromatic carbocycles. The molecule has 0 aliphatic carbocycles. The van der Waals surface area contributed by atoms with Crippen molar-refractivity contribution in [2.75, 3.05) is 20.2 Å². The zero-order valence-corrected chi connectivity index (χ0v) is 16.8. The molecule has 0 aliphatic heterocycles. The fraction of sp³-hybridized carbons (Fsp3) is 0.227. The van der Waals surface area contributed by atoms with Crippen LogP contribution in [0.1, 0.15) is 12.0 Å². The monoisotopic (exact) mass is 404 g/mol. The highest BCUT2D eigenvalue weighted by molar-refractivity contribution is 5.66. The van der Waals surface area contributed by atoms with Gasteiger partial charge < -0.3 is 20.8 Å². The van der Waals surface area contributed by atoms with Gasteiger partial charge in [-0.1, -0.05) is 36.4 Å². The van der Waals surface area contributed by atoms with E-state index in [1.165, 1.54) is 0 Å². The summed E-state index contributed by atoms with van der Waals surface area (Å²) in [5.74, 6) is 1.65. The first-order chi connectivity index (χ1) is 14.7. The molecule has 0 radical (unpaired) electrons. The summed E-state index contributed by atoms with van der Waals surface area (Å²) in [7, 11) is 1.61. The number of nitrogens with zero attached hydrogens (tertiary/aromatic N) is 3. The molecular weight excluding hydrogens is 380 g/mol. The van der Waals surface area contributed by atoms with E-state index in [4.69, 9.17) is 10.5 Å². The first kappa shape index (κ1) is 19.8. The van der Waals surface area contributed by atoms with Crippen molar-refractivity contribution in [3.05, 3.63) is 70.6 Å². The van der Waals surface area contributed by atoms with Gasteiger partial charge in [-0.3, -0.25) is 4.79 Å². The van der Waals surface area contributed by atoms with Crippen molar-refractivity contribution in [2.24, 2.45) is 5.73 Å². The van der Waals surface area contributed by atoms with Gasteiger partial charge in [0.2, 0.25) is 5.78 Å². The largest absolute Gasteiger partial charge is 0.496 e. The number of aromatic amines is 1. The second-order valence-electron chi connectivity index (χ2n) is 6.92. The maximum Gasteiger partial charge on any atom is 0.282 e. The van der Waals surface area contributed by atoms with Gasteiger partial charge in [-0.15, -0.1) is 5.10 Å². The molecule has 154 valence electrons. The minimum Gasteiger partial charge on any atom is -0.496 e. The second-order valence-corrected chi connectivity index (χ2v) is 6.92. The van der Waals surface area contributed by atoms with Crippen LogP contribution in [0, 0.1) is 0 Å². The van der Waals surface area contributed by atoms with E-state index < -0.39 is 0 Å². The number of ether oxygens (including phenoxy) is 1. The van der Waals surface area contributed by atoms with Gasteiger partial charge in [-0.25, -0.2) is 4.52 Å². The highest BCUT2D eigenvalue weighted by atomic mass is 16.5. The molecule has 4 rings (SSSR count). The number of nitrogens with two attached hydrogens (primary N) is 1. The van der Waals surface area contributed by atoms with Crippen LogP contribution in [0.15, 0.2) is 59.5 Å². The van der Waals surface area contributed by atoms with Gasteiger partial charge in [-0.2, -0.15) is 4.98 Å². The topological polar surface area (TPSA) is 110 Å². The number of hydrogen-bond acceptors (Lipinski definition) is 6. The molecule has 0 amide bonds. The lowest BCUT2D eigenvalue weighted by molar-refractivity contribution is 0.416. The summed E-state index contributed by atoms with van der Waals surface area (Å²) in [6, 6.07) is 15.4. The minimum atomic E-state index is -0.306. The lowest BCUT2D eigenvalue weighted by Crippen LogP contribution is -2.17. The van der Waals surface area contributed by atoms with Crippen molar-refractivity contribution >= 4 is 5.78 Å². The Balaban J connectivity index is 1.62. The number of para-hydroxylation sites is 1. The SMILES string of the molecule is COc1ccccc1-c1nn2cc(-c3ccc(CNCCCN)cc3)c(=O)nc2[nH]1. The summed E-state index contributed by atoms with van der Waals surface area (Å²) in [5, 5.41) is 7.90. The molecule has 2 aromatic heterocycles. The van der Waals surface area contributed by atoms with Gasteiger partial charge in [0.05, 0.1) is 18.2 Å². The molecule has 30 heavy (non-hydrogen) atoms. The van der Waals surface area contributed by atoms with Gasteiger partial charge in [0, 0.05) is 12.7 Å². The number of H-pyrrole nitrogens is 1. The van der Waals surface area contributed by atoms with E-state index in [2.05, 4.69) is 20.4 Å². The normalized spacial score (nSPS) is 11.1. The summed E-state index contributed by atoms with van der Waals surface area (Å²) in [6.07, 6.45) is 2.65. The molecule has 0 saturated carbocycles. The smallest absolute Gasteiger partial charge is 0.282 e. The summed E-state index contributed by atoms with van der Waals surface area (Å²) in [4.78, 5) is 19.9. The molecule has 2 heterocycles. The average Bonchev–Trinajstić information content (AvgIpc) is 3.19. The van der Waals surface area contributed by atoms with Crippen molar-refractivity contribution in [1.29, 1.82) is 0 Å². The summed E-state index contributed by atoms with van der Waals surface area (Å²) >= 11 is 0. The van der Waals surface area contributed by atoms with Crippen LogP contribution in [0.4, 0.5) is 0 Å². The van der Waals surface area contributed by atoms with Gasteiger partial charge in [0.25, 0.3) is 5.56 Å². The Kier molecular flexibility index (Phi) is 5.87. The van der Waals surface area contributed by atoms with E-state index in [0.29, 0.717) is 29.5 Å². The summed E-state index contributed by atoms with van der Waals surface area (Å²) in [6.45, 7) is 2.32. The zero-order valence-electron chi connectivity index (χ0n) is 16.8. The van der Waals surface area contributed by atoms with Gasteiger partial charge >= 0.3 is 0 Å². The predicted molar refractivity (Wildman–Crippen MR) is 116 cm³/mol. The molecule has 4 aromatic rings. The van der Waals surface area contributed by atoms with Gasteiger partial charge in [0.15, 0.2) is 5.82 Å². The molecule has 0 bridgehead atoms. The molecule has 0 atom stereocenters. The lowest BCUT2D eigenvalue weighted by Gasteiger charge is -2.06. The molecule has 0 spiro atoms. The van der Waals surface area contributed by atoms with E-state index in [1.807, 2.05) is 48.5 Å². The number of benzene rings is 2. The quantitative estimate of drug-likeness (QED) is 0.388. The molecule has 4 N–H and O–H groups in total. The first-order valence-electron chi connectivity index (χ1n) is 9.83. The fourth-order valence-corrected chi connectivity index (χ4v) is 3.27. The average molecular weight is 404 g/mol. The Morgan fingerprint density at radius 1 is 1.13 bits per heavy atom. The van der Waals surface area contributed by atoms with Crippen LogP contribution in [-0.4, -0.2) is 39.8 Å². The minimum absolute atomic E-state index is 0.306. The fourth-order valence-electron chi connectivity index (χ4n) is 3.27. The first-order valence-corrected chi connectivity index (χ1v) is 9.83. The highest BCUT2D eigenvalue weighted by Crippen LogP contribution is 2.27. The number of fused-ring (bicyclic) bond motifs is 1. The molecule has 0 saturated heterocycles. The third-order valence-electron chi connectivity index (χ3n) is 4.86. The molecule has 0 fully saturated rings. The van der Waals surface area contributed by atoms with Crippen molar-refractivity contribution in [3.63, 3.8) is 0 Å². The number of rotatable bonds is 8. The standard InChI is InChI=1S/C22H24N6O2/c1-30-19-6-3-2-5-17(19)20-25-22-26-21(29)18(14-28(22)27-20)16-9-7-15(8-10-16)13-24-12-4-11-23/h2-3,5-10,14,24H,4,11-13,23H2,1H3,(H,25,26,27,29). The molecule has 0 unspecified atom stereocenters. The van der Waals surface area contributed by atoms with Crippen LogP contribution in [0.5, 0.6) is 5.75 Å².